The van der Waals surface area contributed by atoms with Crippen molar-refractivity contribution in [2.45, 2.75) is 20.3 Å². The molecule has 0 heterocycles. The SMILES string of the molecule is CCCN(CC(C)C(=O)O)c1ccc(OC)cc1OC. The Hall–Kier alpha value is -1.91. The summed E-state index contributed by atoms with van der Waals surface area (Å²) in [6.07, 6.45) is 0.932. The van der Waals surface area contributed by atoms with Crippen LogP contribution >= 0.6 is 0 Å². The average Bonchev–Trinajstić information content (AvgIpc) is 2.45. The van der Waals surface area contributed by atoms with Crippen LogP contribution in [0.5, 0.6) is 11.5 Å². The van der Waals surface area contributed by atoms with Crippen LogP contribution in [0.2, 0.25) is 0 Å². The number of carboxylic acids is 1. The summed E-state index contributed by atoms with van der Waals surface area (Å²) in [6.45, 7) is 5.00. The number of carboxylic acid groups (broad SMARTS) is 1. The van der Waals surface area contributed by atoms with Crippen molar-refractivity contribution < 1.29 is 19.4 Å². The summed E-state index contributed by atoms with van der Waals surface area (Å²) in [6, 6.07) is 5.57. The van der Waals surface area contributed by atoms with E-state index in [9.17, 15) is 4.79 Å². The second-order valence-electron chi connectivity index (χ2n) is 4.72. The Balaban J connectivity index is 3.04. The molecule has 0 aliphatic carbocycles. The lowest BCUT2D eigenvalue weighted by atomic mass is 10.1. The third kappa shape index (κ3) is 4.05. The summed E-state index contributed by atoms with van der Waals surface area (Å²) in [5, 5.41) is 9.08. The lowest BCUT2D eigenvalue weighted by molar-refractivity contribution is -0.140. The van der Waals surface area contributed by atoms with Gasteiger partial charge in [-0.25, -0.2) is 0 Å². The lowest BCUT2D eigenvalue weighted by Gasteiger charge is -2.28. The van der Waals surface area contributed by atoms with Gasteiger partial charge in [-0.15, -0.1) is 0 Å². The highest BCUT2D eigenvalue weighted by Crippen LogP contribution is 2.32. The highest BCUT2D eigenvalue weighted by atomic mass is 16.5. The van der Waals surface area contributed by atoms with Gasteiger partial charge < -0.3 is 19.5 Å². The molecule has 0 aliphatic heterocycles. The van der Waals surface area contributed by atoms with Crippen molar-refractivity contribution in [3.05, 3.63) is 18.2 Å². The molecule has 1 unspecified atom stereocenters. The zero-order valence-electron chi connectivity index (χ0n) is 12.5. The molecule has 1 aromatic carbocycles. The van der Waals surface area contributed by atoms with E-state index in [4.69, 9.17) is 14.6 Å². The Morgan fingerprint density at radius 3 is 2.55 bits per heavy atom. The fraction of sp³-hybridized carbons (Fsp3) is 0.533. The molecule has 20 heavy (non-hydrogen) atoms. The van der Waals surface area contributed by atoms with Crippen LogP contribution in [0.3, 0.4) is 0 Å². The zero-order chi connectivity index (χ0) is 15.1. The van der Waals surface area contributed by atoms with Crippen LogP contribution in [0.4, 0.5) is 5.69 Å². The maximum atomic E-state index is 11.0. The minimum Gasteiger partial charge on any atom is -0.497 e. The summed E-state index contributed by atoms with van der Waals surface area (Å²) in [7, 11) is 3.20. The molecular weight excluding hydrogens is 258 g/mol. The molecule has 112 valence electrons. The van der Waals surface area contributed by atoms with E-state index in [1.54, 1.807) is 21.1 Å². The number of rotatable bonds is 8. The van der Waals surface area contributed by atoms with E-state index < -0.39 is 11.9 Å². The number of carbonyl (C=O) groups is 1. The van der Waals surface area contributed by atoms with Crippen LogP contribution in [-0.4, -0.2) is 38.4 Å². The highest BCUT2D eigenvalue weighted by Gasteiger charge is 2.19. The summed E-state index contributed by atoms with van der Waals surface area (Å²) in [5.41, 5.74) is 0.892. The molecule has 1 aromatic rings. The molecule has 1 atom stereocenters. The standard InChI is InChI=1S/C15H23NO4/c1-5-8-16(10-11(2)15(17)18)13-7-6-12(19-3)9-14(13)20-4/h6-7,9,11H,5,8,10H2,1-4H3,(H,17,18). The smallest absolute Gasteiger partial charge is 0.308 e. The van der Waals surface area contributed by atoms with Gasteiger partial charge in [0.2, 0.25) is 0 Å². The van der Waals surface area contributed by atoms with Crippen LogP contribution in [-0.2, 0) is 4.79 Å². The maximum absolute atomic E-state index is 11.0. The maximum Gasteiger partial charge on any atom is 0.308 e. The first-order valence-electron chi connectivity index (χ1n) is 6.73. The van der Waals surface area contributed by atoms with Crippen molar-refractivity contribution in [3.8, 4) is 11.5 Å². The van der Waals surface area contributed by atoms with Crippen molar-refractivity contribution in [1.82, 2.24) is 0 Å². The second kappa shape index (κ2) is 7.62. The molecule has 0 amide bonds. The van der Waals surface area contributed by atoms with Crippen molar-refractivity contribution in [3.63, 3.8) is 0 Å². The van der Waals surface area contributed by atoms with Gasteiger partial charge in [0.15, 0.2) is 0 Å². The van der Waals surface area contributed by atoms with Crippen LogP contribution < -0.4 is 14.4 Å². The van der Waals surface area contributed by atoms with Crippen molar-refractivity contribution >= 4 is 11.7 Å². The van der Waals surface area contributed by atoms with Gasteiger partial charge in [-0.2, -0.15) is 0 Å². The van der Waals surface area contributed by atoms with Crippen molar-refractivity contribution in [2.24, 2.45) is 5.92 Å². The number of benzene rings is 1. The predicted molar refractivity (Wildman–Crippen MR) is 78.8 cm³/mol. The number of methoxy groups -OCH3 is 2. The predicted octanol–water partition coefficient (Wildman–Crippen LogP) is 2.64. The van der Waals surface area contributed by atoms with Crippen LogP contribution in [0, 0.1) is 5.92 Å². The number of nitrogens with zero attached hydrogens (tertiary/aromatic N) is 1. The Kier molecular flexibility index (Phi) is 6.15. The quantitative estimate of drug-likeness (QED) is 0.793. The first-order chi connectivity index (χ1) is 9.53. The summed E-state index contributed by atoms with van der Waals surface area (Å²) in [5.74, 6) is 0.177. The van der Waals surface area contributed by atoms with Gasteiger partial charge in [-0.1, -0.05) is 13.8 Å². The Morgan fingerprint density at radius 1 is 1.35 bits per heavy atom. The van der Waals surface area contributed by atoms with Crippen LogP contribution in [0.25, 0.3) is 0 Å². The van der Waals surface area contributed by atoms with E-state index >= 15 is 0 Å². The number of anilines is 1. The summed E-state index contributed by atoms with van der Waals surface area (Å²) in [4.78, 5) is 13.1. The van der Waals surface area contributed by atoms with Gasteiger partial charge in [-0.05, 0) is 18.6 Å². The minimum absolute atomic E-state index is 0.437. The molecular formula is C15H23NO4. The van der Waals surface area contributed by atoms with E-state index in [1.165, 1.54) is 0 Å². The first kappa shape index (κ1) is 16.1. The van der Waals surface area contributed by atoms with Gasteiger partial charge in [0.25, 0.3) is 0 Å². The topological polar surface area (TPSA) is 59.0 Å². The Morgan fingerprint density at radius 2 is 2.05 bits per heavy atom. The number of hydrogen-bond donors (Lipinski definition) is 1. The average molecular weight is 281 g/mol. The molecule has 0 fully saturated rings. The monoisotopic (exact) mass is 281 g/mol. The van der Waals surface area contributed by atoms with E-state index in [1.807, 2.05) is 23.1 Å². The van der Waals surface area contributed by atoms with Crippen LogP contribution in [0.1, 0.15) is 20.3 Å². The first-order valence-corrected chi connectivity index (χ1v) is 6.73. The van der Waals surface area contributed by atoms with E-state index in [0.29, 0.717) is 18.0 Å². The van der Waals surface area contributed by atoms with E-state index in [-0.39, 0.29) is 0 Å². The molecule has 0 bridgehead atoms. The number of ether oxygens (including phenoxy) is 2. The number of aliphatic carboxylic acids is 1. The largest absolute Gasteiger partial charge is 0.497 e. The number of hydrogen-bond acceptors (Lipinski definition) is 4. The molecule has 5 heteroatoms. The van der Waals surface area contributed by atoms with Gasteiger partial charge in [0.05, 0.1) is 25.8 Å². The summed E-state index contributed by atoms with van der Waals surface area (Å²) < 4.78 is 10.6. The molecule has 5 nitrogen and oxygen atoms in total. The van der Waals surface area contributed by atoms with Gasteiger partial charge >= 0.3 is 5.97 Å². The van der Waals surface area contributed by atoms with Gasteiger partial charge in [0.1, 0.15) is 11.5 Å². The van der Waals surface area contributed by atoms with Crippen molar-refractivity contribution in [1.29, 1.82) is 0 Å². The molecule has 0 spiro atoms. The Bertz CT molecular complexity index is 447. The normalized spacial score (nSPS) is 11.8. The zero-order valence-corrected chi connectivity index (χ0v) is 12.5. The fourth-order valence-electron chi connectivity index (χ4n) is 2.03. The molecule has 0 aromatic heterocycles. The van der Waals surface area contributed by atoms with Gasteiger partial charge in [-0.3, -0.25) is 4.79 Å². The second-order valence-corrected chi connectivity index (χ2v) is 4.72. The molecule has 1 N–H and O–H groups in total. The van der Waals surface area contributed by atoms with Crippen LogP contribution in [0.15, 0.2) is 18.2 Å². The molecule has 0 aliphatic rings. The Labute approximate surface area is 120 Å². The third-order valence-electron chi connectivity index (χ3n) is 3.14. The third-order valence-corrected chi connectivity index (χ3v) is 3.14. The molecule has 0 saturated heterocycles. The molecule has 0 radical (unpaired) electrons. The van der Waals surface area contributed by atoms with Crippen molar-refractivity contribution in [2.75, 3.05) is 32.2 Å². The lowest BCUT2D eigenvalue weighted by Crippen LogP contribution is -2.32. The minimum atomic E-state index is -0.793. The summed E-state index contributed by atoms with van der Waals surface area (Å²) >= 11 is 0. The molecule has 0 saturated carbocycles. The molecule has 1 rings (SSSR count). The van der Waals surface area contributed by atoms with Gasteiger partial charge in [0, 0.05) is 19.2 Å². The highest BCUT2D eigenvalue weighted by molar-refractivity contribution is 5.71. The van der Waals surface area contributed by atoms with E-state index in [0.717, 1.165) is 18.7 Å². The van der Waals surface area contributed by atoms with E-state index in [2.05, 4.69) is 6.92 Å². The fourth-order valence-corrected chi connectivity index (χ4v) is 2.03.